The topological polar surface area (TPSA) is 30.5 Å². The predicted octanol–water partition coefficient (Wildman–Crippen LogP) is 6.75. The van der Waals surface area contributed by atoms with E-state index < -0.39 is 0 Å². The molecule has 3 aromatic rings. The van der Waals surface area contributed by atoms with Crippen LogP contribution in [0.1, 0.15) is 16.7 Å². The Bertz CT molecular complexity index is 963. The summed E-state index contributed by atoms with van der Waals surface area (Å²) in [5, 5.41) is 4.12. The van der Waals surface area contributed by atoms with Crippen LogP contribution in [0, 0.1) is 12.7 Å². The maximum Gasteiger partial charge on any atom is 0.175 e. The van der Waals surface area contributed by atoms with Gasteiger partial charge in [0.15, 0.2) is 11.5 Å². The molecule has 3 rings (SSSR count). The monoisotopic (exact) mass is 463 g/mol. The number of nitrogens with one attached hydrogen (secondary N) is 1. The average molecular weight is 465 g/mol. The summed E-state index contributed by atoms with van der Waals surface area (Å²) in [6.07, 6.45) is 0. The van der Waals surface area contributed by atoms with E-state index in [4.69, 9.17) is 21.1 Å². The number of rotatable bonds is 7. The molecule has 0 aliphatic carbocycles. The van der Waals surface area contributed by atoms with Gasteiger partial charge < -0.3 is 14.8 Å². The molecule has 0 saturated heterocycles. The lowest BCUT2D eigenvalue weighted by atomic mass is 10.1. The molecule has 0 atom stereocenters. The summed E-state index contributed by atoms with van der Waals surface area (Å²) in [6, 6.07) is 15.9. The van der Waals surface area contributed by atoms with Crippen LogP contribution in [-0.4, -0.2) is 7.11 Å². The van der Waals surface area contributed by atoms with Crippen LogP contribution in [0.4, 0.5) is 10.1 Å². The lowest BCUT2D eigenvalue weighted by Crippen LogP contribution is -2.03. The Morgan fingerprint density at radius 2 is 1.82 bits per heavy atom. The van der Waals surface area contributed by atoms with E-state index in [0.29, 0.717) is 24.7 Å². The first kappa shape index (κ1) is 20.5. The molecule has 0 spiro atoms. The SMILES string of the molecule is COc1cc(CNc2cccc(Cl)c2C)cc(Br)c1OCc1ccc(F)cc1. The third-order valence-electron chi connectivity index (χ3n) is 4.34. The van der Waals surface area contributed by atoms with Gasteiger partial charge in [0, 0.05) is 17.3 Å². The van der Waals surface area contributed by atoms with Crippen molar-refractivity contribution in [1.29, 1.82) is 0 Å². The highest BCUT2D eigenvalue weighted by Crippen LogP contribution is 2.37. The lowest BCUT2D eigenvalue weighted by Gasteiger charge is -2.16. The number of benzene rings is 3. The van der Waals surface area contributed by atoms with Gasteiger partial charge in [0.25, 0.3) is 0 Å². The minimum atomic E-state index is -0.269. The highest BCUT2D eigenvalue weighted by atomic mass is 79.9. The molecule has 146 valence electrons. The minimum absolute atomic E-state index is 0.269. The van der Waals surface area contributed by atoms with Gasteiger partial charge in [-0.1, -0.05) is 29.8 Å². The van der Waals surface area contributed by atoms with E-state index in [9.17, 15) is 4.39 Å². The maximum absolute atomic E-state index is 13.0. The van der Waals surface area contributed by atoms with E-state index in [1.54, 1.807) is 19.2 Å². The summed E-state index contributed by atoms with van der Waals surface area (Å²) < 4.78 is 25.2. The first-order valence-corrected chi connectivity index (χ1v) is 9.87. The van der Waals surface area contributed by atoms with Crippen LogP contribution in [0.15, 0.2) is 59.1 Å². The normalized spacial score (nSPS) is 10.6. The Labute approximate surface area is 177 Å². The molecule has 0 aromatic heterocycles. The van der Waals surface area contributed by atoms with Gasteiger partial charge in [-0.15, -0.1) is 0 Å². The fourth-order valence-electron chi connectivity index (χ4n) is 2.75. The summed E-state index contributed by atoms with van der Waals surface area (Å²) >= 11 is 9.74. The molecule has 0 aliphatic heterocycles. The van der Waals surface area contributed by atoms with Crippen molar-refractivity contribution >= 4 is 33.2 Å². The molecule has 0 unspecified atom stereocenters. The molecule has 0 heterocycles. The second-order valence-electron chi connectivity index (χ2n) is 6.29. The highest BCUT2D eigenvalue weighted by Gasteiger charge is 2.13. The second-order valence-corrected chi connectivity index (χ2v) is 7.55. The largest absolute Gasteiger partial charge is 0.493 e. The van der Waals surface area contributed by atoms with Gasteiger partial charge in [-0.2, -0.15) is 0 Å². The summed E-state index contributed by atoms with van der Waals surface area (Å²) in [7, 11) is 1.60. The van der Waals surface area contributed by atoms with E-state index in [0.717, 1.165) is 31.9 Å². The van der Waals surface area contributed by atoms with Gasteiger partial charge >= 0.3 is 0 Å². The molecule has 0 amide bonds. The molecule has 3 nitrogen and oxygen atoms in total. The Hall–Kier alpha value is -2.24. The zero-order chi connectivity index (χ0) is 20.1. The summed E-state index contributed by atoms with van der Waals surface area (Å²) in [5.41, 5.74) is 3.89. The van der Waals surface area contributed by atoms with E-state index in [1.165, 1.54) is 12.1 Å². The average Bonchev–Trinajstić information content (AvgIpc) is 2.69. The fourth-order valence-corrected chi connectivity index (χ4v) is 3.53. The van der Waals surface area contributed by atoms with Gasteiger partial charge in [-0.3, -0.25) is 0 Å². The Morgan fingerprint density at radius 3 is 2.54 bits per heavy atom. The highest BCUT2D eigenvalue weighted by molar-refractivity contribution is 9.10. The standard InChI is InChI=1S/C22H20BrClFNO2/c1-14-19(24)4-3-5-20(14)26-12-16-10-18(23)22(21(11-16)27-2)28-13-15-6-8-17(25)9-7-15/h3-11,26H,12-13H2,1-2H3. The third kappa shape index (κ3) is 4.97. The predicted molar refractivity (Wildman–Crippen MR) is 115 cm³/mol. The fraction of sp³-hybridized carbons (Fsp3) is 0.182. The molecule has 6 heteroatoms. The van der Waals surface area contributed by atoms with E-state index in [1.807, 2.05) is 37.3 Å². The van der Waals surface area contributed by atoms with Crippen LogP contribution < -0.4 is 14.8 Å². The molecular formula is C22H20BrClFNO2. The maximum atomic E-state index is 13.0. The van der Waals surface area contributed by atoms with Crippen molar-refractivity contribution in [3.05, 3.63) is 86.6 Å². The van der Waals surface area contributed by atoms with Crippen LogP contribution >= 0.6 is 27.5 Å². The van der Waals surface area contributed by atoms with Crippen molar-refractivity contribution < 1.29 is 13.9 Å². The second kappa shape index (κ2) is 9.30. The van der Waals surface area contributed by atoms with Crippen LogP contribution in [0.3, 0.4) is 0 Å². The lowest BCUT2D eigenvalue weighted by molar-refractivity contribution is 0.282. The number of anilines is 1. The van der Waals surface area contributed by atoms with Gasteiger partial charge in [0.2, 0.25) is 0 Å². The van der Waals surface area contributed by atoms with Crippen molar-refractivity contribution in [2.24, 2.45) is 0 Å². The Kier molecular flexibility index (Phi) is 6.81. The third-order valence-corrected chi connectivity index (χ3v) is 5.33. The van der Waals surface area contributed by atoms with Crippen LogP contribution in [-0.2, 0) is 13.2 Å². The van der Waals surface area contributed by atoms with Crippen LogP contribution in [0.5, 0.6) is 11.5 Å². The van der Waals surface area contributed by atoms with Crippen molar-refractivity contribution in [3.63, 3.8) is 0 Å². The number of ether oxygens (including phenoxy) is 2. The van der Waals surface area contributed by atoms with Gasteiger partial charge in [0.05, 0.1) is 11.6 Å². The van der Waals surface area contributed by atoms with Crippen molar-refractivity contribution in [2.45, 2.75) is 20.1 Å². The number of hydrogen-bond acceptors (Lipinski definition) is 3. The molecule has 1 N–H and O–H groups in total. The number of halogens is 3. The number of methoxy groups -OCH3 is 1. The molecule has 0 radical (unpaired) electrons. The van der Waals surface area contributed by atoms with Crippen molar-refractivity contribution in [2.75, 3.05) is 12.4 Å². The molecule has 0 fully saturated rings. The Balaban J connectivity index is 1.73. The molecule has 0 saturated carbocycles. The quantitative estimate of drug-likeness (QED) is 0.419. The van der Waals surface area contributed by atoms with E-state index >= 15 is 0 Å². The van der Waals surface area contributed by atoms with E-state index in [-0.39, 0.29) is 5.82 Å². The van der Waals surface area contributed by atoms with Gasteiger partial charge in [0.1, 0.15) is 12.4 Å². The first-order chi connectivity index (χ1) is 13.5. The summed E-state index contributed by atoms with van der Waals surface area (Å²) in [6.45, 7) is 2.90. The van der Waals surface area contributed by atoms with Gasteiger partial charge in [-0.25, -0.2) is 4.39 Å². The molecular weight excluding hydrogens is 445 g/mol. The summed E-state index contributed by atoms with van der Waals surface area (Å²) in [4.78, 5) is 0. The molecule has 0 aliphatic rings. The Morgan fingerprint density at radius 1 is 1.07 bits per heavy atom. The van der Waals surface area contributed by atoms with Crippen molar-refractivity contribution in [3.8, 4) is 11.5 Å². The van der Waals surface area contributed by atoms with E-state index in [2.05, 4.69) is 21.2 Å². The minimum Gasteiger partial charge on any atom is -0.493 e. The molecule has 28 heavy (non-hydrogen) atoms. The van der Waals surface area contributed by atoms with Crippen LogP contribution in [0.2, 0.25) is 5.02 Å². The zero-order valence-electron chi connectivity index (χ0n) is 15.6. The zero-order valence-corrected chi connectivity index (χ0v) is 17.9. The first-order valence-electron chi connectivity index (χ1n) is 8.70. The summed E-state index contributed by atoms with van der Waals surface area (Å²) in [5.74, 6) is 0.958. The molecule has 3 aromatic carbocycles. The van der Waals surface area contributed by atoms with Crippen molar-refractivity contribution in [1.82, 2.24) is 0 Å². The smallest absolute Gasteiger partial charge is 0.175 e. The van der Waals surface area contributed by atoms with Crippen LogP contribution in [0.25, 0.3) is 0 Å². The van der Waals surface area contributed by atoms with Gasteiger partial charge in [-0.05, 0) is 75.9 Å². The number of hydrogen-bond donors (Lipinski definition) is 1. The molecule has 0 bridgehead atoms.